The lowest BCUT2D eigenvalue weighted by atomic mass is 9.98. The van der Waals surface area contributed by atoms with Crippen LogP contribution in [-0.2, 0) is 9.53 Å². The molecule has 1 rings (SSSR count). The third-order valence-electron chi connectivity index (χ3n) is 2.24. The molecule has 0 aliphatic carbocycles. The van der Waals surface area contributed by atoms with Crippen molar-refractivity contribution in [3.05, 3.63) is 29.8 Å². The van der Waals surface area contributed by atoms with Gasteiger partial charge < -0.3 is 9.84 Å². The summed E-state index contributed by atoms with van der Waals surface area (Å²) in [5, 5.41) is 9.11. The first-order valence-corrected chi connectivity index (χ1v) is 5.08. The molecule has 1 atom stereocenters. The number of aromatic hydroxyl groups is 1. The van der Waals surface area contributed by atoms with Crippen LogP contribution in [0.2, 0.25) is 0 Å². The number of hydrogen-bond acceptors (Lipinski definition) is 3. The van der Waals surface area contributed by atoms with Crippen LogP contribution >= 0.6 is 0 Å². The summed E-state index contributed by atoms with van der Waals surface area (Å²) >= 11 is 0. The molecule has 1 aromatic rings. The predicted molar refractivity (Wildman–Crippen MR) is 57.8 cm³/mol. The van der Waals surface area contributed by atoms with Crippen molar-refractivity contribution in [2.45, 2.75) is 26.2 Å². The second-order valence-electron chi connectivity index (χ2n) is 3.50. The first-order chi connectivity index (χ1) is 7.13. The lowest BCUT2D eigenvalue weighted by Gasteiger charge is -2.10. The summed E-state index contributed by atoms with van der Waals surface area (Å²) in [5.74, 6) is 0.171. The second kappa shape index (κ2) is 5.39. The van der Waals surface area contributed by atoms with Gasteiger partial charge in [0, 0.05) is 0 Å². The van der Waals surface area contributed by atoms with Crippen molar-refractivity contribution in [3.8, 4) is 5.75 Å². The SMILES string of the molecule is CCOC(=O)C[C@H](C)c1ccc(O)cc1. The van der Waals surface area contributed by atoms with Gasteiger partial charge in [0.1, 0.15) is 5.75 Å². The van der Waals surface area contributed by atoms with Gasteiger partial charge in [-0.1, -0.05) is 19.1 Å². The predicted octanol–water partition coefficient (Wildman–Crippen LogP) is 2.45. The zero-order chi connectivity index (χ0) is 11.3. The molecule has 0 aliphatic heterocycles. The van der Waals surface area contributed by atoms with Crippen LogP contribution in [0.3, 0.4) is 0 Å². The molecule has 82 valence electrons. The summed E-state index contributed by atoms with van der Waals surface area (Å²) in [4.78, 5) is 11.2. The van der Waals surface area contributed by atoms with Crippen molar-refractivity contribution >= 4 is 5.97 Å². The summed E-state index contributed by atoms with van der Waals surface area (Å²) < 4.78 is 4.87. The molecule has 3 nitrogen and oxygen atoms in total. The van der Waals surface area contributed by atoms with Crippen LogP contribution < -0.4 is 0 Å². The molecular weight excluding hydrogens is 192 g/mol. The molecule has 1 aromatic carbocycles. The Hall–Kier alpha value is -1.51. The minimum Gasteiger partial charge on any atom is -0.508 e. The number of phenols is 1. The third-order valence-corrected chi connectivity index (χ3v) is 2.24. The van der Waals surface area contributed by atoms with Crippen LogP contribution in [-0.4, -0.2) is 17.7 Å². The number of hydrogen-bond donors (Lipinski definition) is 1. The number of ether oxygens (including phenoxy) is 1. The Kier molecular flexibility index (Phi) is 4.16. The molecule has 0 amide bonds. The Bertz CT molecular complexity index is 316. The molecule has 1 N–H and O–H groups in total. The smallest absolute Gasteiger partial charge is 0.306 e. The first kappa shape index (κ1) is 11.6. The topological polar surface area (TPSA) is 46.5 Å². The number of esters is 1. The maximum atomic E-state index is 11.2. The monoisotopic (exact) mass is 208 g/mol. The van der Waals surface area contributed by atoms with E-state index in [9.17, 15) is 4.79 Å². The van der Waals surface area contributed by atoms with Gasteiger partial charge in [-0.15, -0.1) is 0 Å². The van der Waals surface area contributed by atoms with Crippen molar-refractivity contribution in [1.82, 2.24) is 0 Å². The molecule has 3 heteroatoms. The highest BCUT2D eigenvalue weighted by atomic mass is 16.5. The van der Waals surface area contributed by atoms with E-state index in [2.05, 4.69) is 0 Å². The number of benzene rings is 1. The van der Waals surface area contributed by atoms with Crippen LogP contribution in [0.1, 0.15) is 31.7 Å². The Balaban J connectivity index is 2.57. The molecule has 0 heterocycles. The fourth-order valence-corrected chi connectivity index (χ4v) is 1.39. The van der Waals surface area contributed by atoms with Gasteiger partial charge in [-0.2, -0.15) is 0 Å². The Morgan fingerprint density at radius 3 is 2.53 bits per heavy atom. The largest absolute Gasteiger partial charge is 0.508 e. The van der Waals surface area contributed by atoms with E-state index in [-0.39, 0.29) is 17.6 Å². The van der Waals surface area contributed by atoms with Gasteiger partial charge in [-0.3, -0.25) is 4.79 Å². The first-order valence-electron chi connectivity index (χ1n) is 5.08. The van der Waals surface area contributed by atoms with Gasteiger partial charge in [0.2, 0.25) is 0 Å². The lowest BCUT2D eigenvalue weighted by molar-refractivity contribution is -0.143. The van der Waals surface area contributed by atoms with Crippen molar-refractivity contribution in [1.29, 1.82) is 0 Å². The molecule has 0 unspecified atom stereocenters. The minimum absolute atomic E-state index is 0.115. The van der Waals surface area contributed by atoms with Gasteiger partial charge in [-0.05, 0) is 30.5 Å². The molecule has 0 aromatic heterocycles. The fourth-order valence-electron chi connectivity index (χ4n) is 1.39. The summed E-state index contributed by atoms with van der Waals surface area (Å²) in [5.41, 5.74) is 1.03. The number of phenolic OH excluding ortho intramolecular Hbond substituents is 1. The summed E-state index contributed by atoms with van der Waals surface area (Å²) in [6.45, 7) is 4.17. The normalized spacial score (nSPS) is 12.1. The summed E-state index contributed by atoms with van der Waals surface area (Å²) in [7, 11) is 0. The zero-order valence-corrected chi connectivity index (χ0v) is 9.06. The Morgan fingerprint density at radius 2 is 2.00 bits per heavy atom. The standard InChI is InChI=1S/C12H16O3/c1-3-15-12(14)8-9(2)10-4-6-11(13)7-5-10/h4-7,9,13H,3,8H2,1-2H3/t9-/m0/s1. The highest BCUT2D eigenvalue weighted by molar-refractivity contribution is 5.70. The highest BCUT2D eigenvalue weighted by Crippen LogP contribution is 2.21. The number of carbonyl (C=O) groups excluding carboxylic acids is 1. The Morgan fingerprint density at radius 1 is 1.40 bits per heavy atom. The van der Waals surface area contributed by atoms with E-state index in [0.29, 0.717) is 13.0 Å². The molecule has 0 saturated heterocycles. The van der Waals surface area contributed by atoms with Gasteiger partial charge in [0.15, 0.2) is 0 Å². The molecule has 0 aliphatic rings. The van der Waals surface area contributed by atoms with Gasteiger partial charge >= 0.3 is 5.97 Å². The number of rotatable bonds is 4. The van der Waals surface area contributed by atoms with Gasteiger partial charge in [0.25, 0.3) is 0 Å². The summed E-state index contributed by atoms with van der Waals surface area (Å²) in [6.07, 6.45) is 0.374. The van der Waals surface area contributed by atoms with Crippen LogP contribution in [0.15, 0.2) is 24.3 Å². The Labute approximate surface area is 89.7 Å². The molecule has 0 spiro atoms. The molecular formula is C12H16O3. The van der Waals surface area contributed by atoms with E-state index in [1.165, 1.54) is 0 Å². The van der Waals surface area contributed by atoms with Crippen molar-refractivity contribution < 1.29 is 14.6 Å². The van der Waals surface area contributed by atoms with E-state index in [0.717, 1.165) is 5.56 Å². The quantitative estimate of drug-likeness (QED) is 0.773. The molecule has 0 saturated carbocycles. The fraction of sp³-hybridized carbons (Fsp3) is 0.417. The lowest BCUT2D eigenvalue weighted by Crippen LogP contribution is -2.08. The summed E-state index contributed by atoms with van der Waals surface area (Å²) in [6, 6.07) is 6.88. The maximum absolute atomic E-state index is 11.2. The van der Waals surface area contributed by atoms with E-state index in [4.69, 9.17) is 9.84 Å². The van der Waals surface area contributed by atoms with Crippen molar-refractivity contribution in [2.24, 2.45) is 0 Å². The van der Waals surface area contributed by atoms with Crippen molar-refractivity contribution in [3.63, 3.8) is 0 Å². The van der Waals surface area contributed by atoms with Crippen molar-refractivity contribution in [2.75, 3.05) is 6.61 Å². The molecule has 0 radical (unpaired) electrons. The minimum atomic E-state index is -0.182. The van der Waals surface area contributed by atoms with Crippen LogP contribution in [0.25, 0.3) is 0 Å². The van der Waals surface area contributed by atoms with E-state index in [1.807, 2.05) is 19.1 Å². The molecule has 15 heavy (non-hydrogen) atoms. The van der Waals surface area contributed by atoms with E-state index in [1.54, 1.807) is 19.1 Å². The molecule has 0 bridgehead atoms. The molecule has 0 fully saturated rings. The average molecular weight is 208 g/mol. The van der Waals surface area contributed by atoms with Crippen LogP contribution in [0.4, 0.5) is 0 Å². The third kappa shape index (κ3) is 3.62. The van der Waals surface area contributed by atoms with Crippen LogP contribution in [0.5, 0.6) is 5.75 Å². The van der Waals surface area contributed by atoms with E-state index >= 15 is 0 Å². The average Bonchev–Trinajstić information content (AvgIpc) is 2.18. The zero-order valence-electron chi connectivity index (χ0n) is 9.06. The van der Waals surface area contributed by atoms with Gasteiger partial charge in [0.05, 0.1) is 13.0 Å². The van der Waals surface area contributed by atoms with E-state index < -0.39 is 0 Å². The highest BCUT2D eigenvalue weighted by Gasteiger charge is 2.11. The van der Waals surface area contributed by atoms with Crippen LogP contribution in [0, 0.1) is 0 Å². The van der Waals surface area contributed by atoms with Gasteiger partial charge in [-0.25, -0.2) is 0 Å². The maximum Gasteiger partial charge on any atom is 0.306 e. The second-order valence-corrected chi connectivity index (χ2v) is 3.50. The number of carbonyl (C=O) groups is 1.